The maximum absolute atomic E-state index is 6.32. The lowest BCUT2D eigenvalue weighted by Gasteiger charge is -2.20. The smallest absolute Gasteiger partial charge is 0.0636 e. The molecule has 1 aromatic rings. The van der Waals surface area contributed by atoms with Crippen molar-refractivity contribution in [2.24, 2.45) is 0 Å². The van der Waals surface area contributed by atoms with E-state index in [0.717, 1.165) is 23.7 Å². The van der Waals surface area contributed by atoms with Crippen LogP contribution in [0.25, 0.3) is 0 Å². The van der Waals surface area contributed by atoms with E-state index in [9.17, 15) is 0 Å². The minimum atomic E-state index is 0.398. The molecule has 1 aromatic carbocycles. The van der Waals surface area contributed by atoms with Gasteiger partial charge in [0.25, 0.3) is 0 Å². The average molecular weight is 290 g/mol. The molecular weight excluding hydrogens is 273 g/mol. The third-order valence-corrected chi connectivity index (χ3v) is 5.20. The lowest BCUT2D eigenvalue weighted by Crippen LogP contribution is -2.23. The fraction of sp³-hybridized carbons (Fsp3) is 0.538. The molecule has 1 heterocycles. The van der Waals surface area contributed by atoms with Gasteiger partial charge in [-0.25, -0.2) is 0 Å². The van der Waals surface area contributed by atoms with Crippen LogP contribution < -0.4 is 5.32 Å². The summed E-state index contributed by atoms with van der Waals surface area (Å²) >= 11 is 14.4. The van der Waals surface area contributed by atoms with Gasteiger partial charge in [-0.3, -0.25) is 0 Å². The number of rotatable bonds is 2. The summed E-state index contributed by atoms with van der Waals surface area (Å²) in [5, 5.41) is 5.58. The van der Waals surface area contributed by atoms with Gasteiger partial charge in [-0.1, -0.05) is 43.1 Å². The van der Waals surface area contributed by atoms with E-state index in [1.165, 1.54) is 11.1 Å². The molecule has 94 valence electrons. The fourth-order valence-corrected chi connectivity index (χ4v) is 3.86. The third kappa shape index (κ3) is 2.93. The molecule has 1 aliphatic rings. The maximum atomic E-state index is 6.32. The van der Waals surface area contributed by atoms with Gasteiger partial charge in [-0.2, -0.15) is 11.8 Å². The number of nitrogens with one attached hydrogen (secondary N) is 1. The molecule has 0 radical (unpaired) electrons. The first-order valence-corrected chi connectivity index (χ1v) is 7.75. The standard InChI is InChI=1S/C13H17Cl2NS/c1-3-16-12-6-8(2)17-7-10-9(12)4-5-11(14)13(10)15/h4-5,8,12,16H,3,6-7H2,1-2H3. The van der Waals surface area contributed by atoms with Crippen LogP contribution in [0.15, 0.2) is 12.1 Å². The SMILES string of the molecule is CCNC1CC(C)SCc2c1ccc(Cl)c2Cl. The first-order valence-electron chi connectivity index (χ1n) is 5.95. The number of thioether (sulfide) groups is 1. The van der Waals surface area contributed by atoms with Crippen molar-refractivity contribution in [3.8, 4) is 0 Å². The summed E-state index contributed by atoms with van der Waals surface area (Å²) in [4.78, 5) is 0. The van der Waals surface area contributed by atoms with Crippen molar-refractivity contribution in [3.63, 3.8) is 0 Å². The highest BCUT2D eigenvalue weighted by atomic mass is 35.5. The summed E-state index contributed by atoms with van der Waals surface area (Å²) in [5.41, 5.74) is 2.53. The van der Waals surface area contributed by atoms with E-state index in [1.807, 2.05) is 17.8 Å². The monoisotopic (exact) mass is 289 g/mol. The number of benzene rings is 1. The molecular formula is C13H17Cl2NS. The molecule has 1 N–H and O–H groups in total. The molecule has 0 bridgehead atoms. The first kappa shape index (κ1) is 13.5. The molecule has 2 unspecified atom stereocenters. The lowest BCUT2D eigenvalue weighted by atomic mass is 9.97. The number of hydrogen-bond donors (Lipinski definition) is 1. The Bertz CT molecular complexity index is 409. The van der Waals surface area contributed by atoms with E-state index in [2.05, 4.69) is 25.2 Å². The minimum Gasteiger partial charge on any atom is -0.310 e. The molecule has 0 fully saturated rings. The Morgan fingerprint density at radius 1 is 1.41 bits per heavy atom. The van der Waals surface area contributed by atoms with E-state index < -0.39 is 0 Å². The van der Waals surface area contributed by atoms with Crippen LogP contribution in [0.2, 0.25) is 10.0 Å². The quantitative estimate of drug-likeness (QED) is 0.849. The Labute approximate surface area is 117 Å². The summed E-state index contributed by atoms with van der Waals surface area (Å²) < 4.78 is 0. The molecule has 1 nitrogen and oxygen atoms in total. The van der Waals surface area contributed by atoms with Crippen LogP contribution in [0.3, 0.4) is 0 Å². The zero-order valence-corrected chi connectivity index (χ0v) is 12.4. The van der Waals surface area contributed by atoms with Crippen molar-refractivity contribution in [2.45, 2.75) is 37.3 Å². The summed E-state index contributed by atoms with van der Waals surface area (Å²) in [6, 6.07) is 4.43. The molecule has 0 saturated heterocycles. The third-order valence-electron chi connectivity index (χ3n) is 3.14. The van der Waals surface area contributed by atoms with Crippen molar-refractivity contribution < 1.29 is 0 Å². The highest BCUT2D eigenvalue weighted by Crippen LogP contribution is 2.40. The fourth-order valence-electron chi connectivity index (χ4n) is 2.27. The summed E-state index contributed by atoms with van der Waals surface area (Å²) in [6.07, 6.45) is 1.14. The second-order valence-corrected chi connectivity index (χ2v) is 6.61. The first-order chi connectivity index (χ1) is 8.13. The van der Waals surface area contributed by atoms with Gasteiger partial charge in [0.05, 0.1) is 10.0 Å². The largest absolute Gasteiger partial charge is 0.310 e. The lowest BCUT2D eigenvalue weighted by molar-refractivity contribution is 0.516. The molecule has 0 amide bonds. The minimum absolute atomic E-state index is 0.398. The summed E-state index contributed by atoms with van der Waals surface area (Å²) in [5.74, 6) is 0.956. The average Bonchev–Trinajstić information content (AvgIpc) is 2.45. The summed E-state index contributed by atoms with van der Waals surface area (Å²) in [6.45, 7) is 5.39. The topological polar surface area (TPSA) is 12.0 Å². The van der Waals surface area contributed by atoms with Gasteiger partial charge >= 0.3 is 0 Å². The second-order valence-electron chi connectivity index (χ2n) is 4.40. The molecule has 1 aliphatic heterocycles. The molecule has 2 atom stereocenters. The zero-order chi connectivity index (χ0) is 12.4. The van der Waals surface area contributed by atoms with E-state index in [0.29, 0.717) is 16.3 Å². The van der Waals surface area contributed by atoms with E-state index in [-0.39, 0.29) is 0 Å². The maximum Gasteiger partial charge on any atom is 0.0636 e. The predicted molar refractivity (Wildman–Crippen MR) is 78.3 cm³/mol. The van der Waals surface area contributed by atoms with E-state index in [1.54, 1.807) is 0 Å². The number of halogens is 2. The van der Waals surface area contributed by atoms with E-state index >= 15 is 0 Å². The Morgan fingerprint density at radius 2 is 2.18 bits per heavy atom. The number of hydrogen-bond acceptors (Lipinski definition) is 2. The van der Waals surface area contributed by atoms with Crippen molar-refractivity contribution in [3.05, 3.63) is 33.3 Å². The number of fused-ring (bicyclic) bond motifs is 1. The van der Waals surface area contributed by atoms with Crippen molar-refractivity contribution >= 4 is 35.0 Å². The molecule has 0 spiro atoms. The van der Waals surface area contributed by atoms with Crippen molar-refractivity contribution in [2.75, 3.05) is 6.54 Å². The van der Waals surface area contributed by atoms with E-state index in [4.69, 9.17) is 23.2 Å². The Kier molecular flexibility index (Phi) is 4.65. The Hall–Kier alpha value is 0.110. The van der Waals surface area contributed by atoms with Crippen LogP contribution in [0.1, 0.15) is 37.4 Å². The predicted octanol–water partition coefficient (Wildman–Crippen LogP) is 4.67. The second kappa shape index (κ2) is 5.83. The molecule has 17 heavy (non-hydrogen) atoms. The molecule has 0 aliphatic carbocycles. The Balaban J connectivity index is 2.43. The highest BCUT2D eigenvalue weighted by Gasteiger charge is 2.24. The van der Waals surface area contributed by atoms with Crippen molar-refractivity contribution in [1.82, 2.24) is 5.32 Å². The van der Waals surface area contributed by atoms with Gasteiger partial charge < -0.3 is 5.32 Å². The molecule has 2 rings (SSSR count). The highest BCUT2D eigenvalue weighted by molar-refractivity contribution is 7.99. The normalized spacial score (nSPS) is 24.2. The van der Waals surface area contributed by atoms with Crippen LogP contribution in [-0.4, -0.2) is 11.8 Å². The molecule has 0 aromatic heterocycles. The van der Waals surface area contributed by atoms with Gasteiger partial charge in [0.2, 0.25) is 0 Å². The van der Waals surface area contributed by atoms with Gasteiger partial charge in [0.1, 0.15) is 0 Å². The van der Waals surface area contributed by atoms with Crippen LogP contribution in [0.4, 0.5) is 0 Å². The van der Waals surface area contributed by atoms with Crippen LogP contribution in [-0.2, 0) is 5.75 Å². The van der Waals surface area contributed by atoms with Crippen molar-refractivity contribution in [1.29, 1.82) is 0 Å². The summed E-state index contributed by atoms with van der Waals surface area (Å²) in [7, 11) is 0. The van der Waals surface area contributed by atoms with Gasteiger partial charge in [-0.05, 0) is 30.2 Å². The van der Waals surface area contributed by atoms with Crippen LogP contribution in [0.5, 0.6) is 0 Å². The van der Waals surface area contributed by atoms with Gasteiger partial charge in [-0.15, -0.1) is 0 Å². The zero-order valence-electron chi connectivity index (χ0n) is 10.1. The Morgan fingerprint density at radius 3 is 2.88 bits per heavy atom. The van der Waals surface area contributed by atoms with Crippen LogP contribution >= 0.6 is 35.0 Å². The van der Waals surface area contributed by atoms with Gasteiger partial charge in [0.15, 0.2) is 0 Å². The van der Waals surface area contributed by atoms with Gasteiger partial charge in [0, 0.05) is 17.0 Å². The van der Waals surface area contributed by atoms with Crippen LogP contribution in [0, 0.1) is 0 Å². The molecule has 4 heteroatoms. The molecule has 0 saturated carbocycles.